The number of benzene rings is 2. The zero-order chi connectivity index (χ0) is 28.3. The fourth-order valence-electron chi connectivity index (χ4n) is 3.43. The molecule has 2 aromatic carbocycles. The van der Waals surface area contributed by atoms with Crippen LogP contribution < -0.4 is 0 Å². The number of hydrogen-bond acceptors (Lipinski definition) is 5. The molecule has 0 atom stereocenters. The van der Waals surface area contributed by atoms with E-state index < -0.39 is 51.7 Å². The second-order valence-electron chi connectivity index (χ2n) is 8.99. The number of halogens is 6. The van der Waals surface area contributed by atoms with E-state index in [1.807, 2.05) is 0 Å². The summed E-state index contributed by atoms with van der Waals surface area (Å²) in [6.45, 7) is 3.78. The largest absolute Gasteiger partial charge is 0.458 e. The van der Waals surface area contributed by atoms with Crippen LogP contribution >= 0.6 is 0 Å². The maximum atomic E-state index is 14.0. The van der Waals surface area contributed by atoms with E-state index in [1.54, 1.807) is 6.07 Å². The molecule has 0 amide bonds. The number of sulfonamides is 1. The first kappa shape index (κ1) is 30.6. The molecule has 2 aromatic rings. The van der Waals surface area contributed by atoms with Crippen molar-refractivity contribution in [1.82, 2.24) is 4.31 Å². The van der Waals surface area contributed by atoms with Crippen LogP contribution in [0.25, 0.3) is 0 Å². The smallest absolute Gasteiger partial charge is 0.430 e. The number of nitrogens with zero attached hydrogens (tertiary/aromatic N) is 1. The van der Waals surface area contributed by atoms with Crippen molar-refractivity contribution >= 4 is 16.0 Å². The van der Waals surface area contributed by atoms with Crippen LogP contribution in [0.5, 0.6) is 0 Å². The molecule has 0 saturated carbocycles. The Hall–Kier alpha value is -2.64. The maximum absolute atomic E-state index is 14.0. The van der Waals surface area contributed by atoms with Gasteiger partial charge in [0.25, 0.3) is 5.60 Å². The molecule has 37 heavy (non-hydrogen) atoms. The van der Waals surface area contributed by atoms with Crippen LogP contribution in [0, 0.1) is 0 Å². The molecule has 2 rings (SSSR count). The minimum absolute atomic E-state index is 0.00693. The first-order valence-corrected chi connectivity index (χ1v) is 12.4. The van der Waals surface area contributed by atoms with Crippen molar-refractivity contribution in [3.8, 4) is 0 Å². The van der Waals surface area contributed by atoms with Gasteiger partial charge in [0.2, 0.25) is 10.0 Å². The molecule has 0 unspecified atom stereocenters. The first-order valence-electron chi connectivity index (χ1n) is 11.0. The number of alkyl halides is 6. The molecule has 0 aromatic heterocycles. The van der Waals surface area contributed by atoms with E-state index in [2.05, 4.69) is 4.74 Å². The van der Waals surface area contributed by atoms with E-state index in [4.69, 9.17) is 4.74 Å². The third-order valence-corrected chi connectivity index (χ3v) is 7.01. The lowest BCUT2D eigenvalue weighted by atomic mass is 9.91. The van der Waals surface area contributed by atoms with E-state index in [0.717, 1.165) is 16.4 Å². The fraction of sp³-hybridized carbons (Fsp3) is 0.458. The van der Waals surface area contributed by atoms with Crippen LogP contribution in [0.2, 0.25) is 0 Å². The third kappa shape index (κ3) is 7.02. The zero-order valence-corrected chi connectivity index (χ0v) is 21.3. The summed E-state index contributed by atoms with van der Waals surface area (Å²) < 4.78 is 120. The molecule has 206 valence electrons. The third-order valence-electron chi connectivity index (χ3n) is 5.08. The number of ether oxygens (including phenoxy) is 2. The van der Waals surface area contributed by atoms with Crippen molar-refractivity contribution in [1.29, 1.82) is 0 Å². The Balaban J connectivity index is 2.42. The Bertz CT molecular complexity index is 1140. The van der Waals surface area contributed by atoms with E-state index >= 15 is 0 Å². The van der Waals surface area contributed by atoms with Crippen LogP contribution in [0.4, 0.5) is 26.3 Å². The van der Waals surface area contributed by atoms with E-state index in [9.17, 15) is 39.6 Å². The van der Waals surface area contributed by atoms with Crippen molar-refractivity contribution in [3.63, 3.8) is 0 Å². The summed E-state index contributed by atoms with van der Waals surface area (Å²) in [5.41, 5.74) is -7.17. The number of esters is 1. The summed E-state index contributed by atoms with van der Waals surface area (Å²) in [5.74, 6) is -1.41. The van der Waals surface area contributed by atoms with Crippen molar-refractivity contribution in [2.45, 2.75) is 62.7 Å². The quantitative estimate of drug-likeness (QED) is 0.299. The molecule has 0 aliphatic carbocycles. The molecule has 0 heterocycles. The molecule has 13 heteroatoms. The molecule has 6 nitrogen and oxygen atoms in total. The number of carbonyl (C=O) groups is 1. The Morgan fingerprint density at radius 1 is 0.865 bits per heavy atom. The minimum Gasteiger partial charge on any atom is -0.458 e. The Kier molecular flexibility index (Phi) is 9.09. The second-order valence-corrected chi connectivity index (χ2v) is 10.9. The van der Waals surface area contributed by atoms with Gasteiger partial charge in [-0.3, -0.25) is 0 Å². The van der Waals surface area contributed by atoms with Gasteiger partial charge in [-0.2, -0.15) is 30.6 Å². The highest BCUT2D eigenvalue weighted by molar-refractivity contribution is 7.89. The summed E-state index contributed by atoms with van der Waals surface area (Å²) in [5, 5.41) is 0. The van der Waals surface area contributed by atoms with Crippen LogP contribution in [0.15, 0.2) is 59.5 Å². The van der Waals surface area contributed by atoms with Crippen molar-refractivity contribution in [2.75, 3.05) is 13.2 Å². The first-order chi connectivity index (χ1) is 16.8. The van der Waals surface area contributed by atoms with Crippen LogP contribution in [0.1, 0.15) is 38.8 Å². The molecule has 0 N–H and O–H groups in total. The Labute approximate surface area is 211 Å². The standard InChI is InChI=1S/C24H27F6NO5S/c1-5-31(37(33,34)19-9-7-6-8-10-19)15-17-11-13-18(14-12-17)22(23(25,26)27,24(28,29)30)35-16-20(32)36-21(2,3)4/h6-14H,5,15-16H2,1-4H3. The zero-order valence-electron chi connectivity index (χ0n) is 20.5. The van der Waals surface area contributed by atoms with Crippen molar-refractivity contribution in [2.24, 2.45) is 0 Å². The van der Waals surface area contributed by atoms with Gasteiger partial charge in [-0.05, 0) is 38.5 Å². The average Bonchev–Trinajstić information content (AvgIpc) is 2.76. The molecular weight excluding hydrogens is 528 g/mol. The molecule has 0 fully saturated rings. The molecule has 0 radical (unpaired) electrons. The molecule has 0 aliphatic heterocycles. The summed E-state index contributed by atoms with van der Waals surface area (Å²) in [7, 11) is -3.97. The number of rotatable bonds is 9. The Morgan fingerprint density at radius 3 is 1.81 bits per heavy atom. The van der Waals surface area contributed by atoms with Gasteiger partial charge < -0.3 is 9.47 Å². The van der Waals surface area contributed by atoms with Gasteiger partial charge in [0.05, 0.1) is 4.90 Å². The molecular formula is C24H27F6NO5S. The van der Waals surface area contributed by atoms with Gasteiger partial charge in [0.15, 0.2) is 0 Å². The Morgan fingerprint density at radius 2 is 1.38 bits per heavy atom. The number of carbonyl (C=O) groups excluding carboxylic acids is 1. The van der Waals surface area contributed by atoms with Gasteiger partial charge >= 0.3 is 18.3 Å². The van der Waals surface area contributed by atoms with Crippen LogP contribution in [0.3, 0.4) is 0 Å². The normalized spacial score (nSPS) is 13.6. The van der Waals surface area contributed by atoms with Gasteiger partial charge in [-0.1, -0.05) is 49.4 Å². The SMILES string of the molecule is CCN(Cc1ccc(C(OCC(=O)OC(C)(C)C)(C(F)(F)F)C(F)(F)F)cc1)S(=O)(=O)c1ccccc1. The molecule has 0 bridgehead atoms. The van der Waals surface area contributed by atoms with E-state index in [0.29, 0.717) is 12.1 Å². The van der Waals surface area contributed by atoms with Crippen LogP contribution in [-0.2, 0) is 36.4 Å². The van der Waals surface area contributed by atoms with Crippen molar-refractivity contribution < 1.29 is 49.0 Å². The highest BCUT2D eigenvalue weighted by Crippen LogP contribution is 2.53. The highest BCUT2D eigenvalue weighted by atomic mass is 32.2. The number of hydrogen-bond donors (Lipinski definition) is 0. The second kappa shape index (κ2) is 11.0. The summed E-state index contributed by atoms with van der Waals surface area (Å²) in [6.07, 6.45) is -12.0. The average molecular weight is 556 g/mol. The van der Waals surface area contributed by atoms with E-state index in [1.165, 1.54) is 52.0 Å². The lowest BCUT2D eigenvalue weighted by Crippen LogP contribution is -2.56. The van der Waals surface area contributed by atoms with Gasteiger partial charge in [0, 0.05) is 18.7 Å². The van der Waals surface area contributed by atoms with Gasteiger partial charge in [-0.25, -0.2) is 13.2 Å². The van der Waals surface area contributed by atoms with Gasteiger partial charge in [-0.15, -0.1) is 0 Å². The highest BCUT2D eigenvalue weighted by Gasteiger charge is 2.73. The molecule has 0 aliphatic rings. The fourth-order valence-corrected chi connectivity index (χ4v) is 4.89. The van der Waals surface area contributed by atoms with Crippen LogP contribution in [-0.4, -0.2) is 49.8 Å². The van der Waals surface area contributed by atoms with E-state index in [-0.39, 0.29) is 23.5 Å². The minimum atomic E-state index is -6.00. The summed E-state index contributed by atoms with van der Waals surface area (Å²) in [6, 6.07) is 10.4. The summed E-state index contributed by atoms with van der Waals surface area (Å²) >= 11 is 0. The summed E-state index contributed by atoms with van der Waals surface area (Å²) in [4.78, 5) is 11.8. The lowest BCUT2D eigenvalue weighted by Gasteiger charge is -2.37. The van der Waals surface area contributed by atoms with Gasteiger partial charge in [0.1, 0.15) is 12.2 Å². The molecule has 0 saturated heterocycles. The monoisotopic (exact) mass is 555 g/mol. The maximum Gasteiger partial charge on any atom is 0.430 e. The molecule has 0 spiro atoms. The predicted molar refractivity (Wildman–Crippen MR) is 122 cm³/mol. The topological polar surface area (TPSA) is 72.9 Å². The van der Waals surface area contributed by atoms with Crippen molar-refractivity contribution in [3.05, 3.63) is 65.7 Å². The lowest BCUT2D eigenvalue weighted by molar-refractivity contribution is -0.388. The predicted octanol–water partition coefficient (Wildman–Crippen LogP) is 5.58.